The van der Waals surface area contributed by atoms with Crippen molar-refractivity contribution in [1.29, 1.82) is 0 Å². The minimum absolute atomic E-state index is 0.0194. The lowest BCUT2D eigenvalue weighted by Crippen LogP contribution is -2.18. The Hall–Kier alpha value is -1.77. The summed E-state index contributed by atoms with van der Waals surface area (Å²) in [6.07, 6.45) is -3.80. The van der Waals surface area contributed by atoms with E-state index in [1.54, 1.807) is 0 Å². The number of hydrogen-bond donors (Lipinski definition) is 1. The monoisotopic (exact) mass is 396 g/mol. The van der Waals surface area contributed by atoms with E-state index in [1.807, 2.05) is 4.83 Å². The minimum atomic E-state index is -4.58. The number of benzene rings is 2. The molecule has 0 amide bonds. The second-order valence-electron chi connectivity index (χ2n) is 4.51. The lowest BCUT2D eigenvalue weighted by Gasteiger charge is -2.09. The van der Waals surface area contributed by atoms with Crippen molar-refractivity contribution in [2.75, 3.05) is 0 Å². The van der Waals surface area contributed by atoms with Crippen LogP contribution in [0.25, 0.3) is 0 Å². The van der Waals surface area contributed by atoms with Gasteiger partial charge in [-0.15, -0.1) is 0 Å². The molecule has 0 spiro atoms. The molecule has 0 saturated heterocycles. The van der Waals surface area contributed by atoms with E-state index in [-0.39, 0.29) is 20.5 Å². The molecule has 2 aromatic rings. The van der Waals surface area contributed by atoms with Crippen LogP contribution in [-0.2, 0) is 16.2 Å². The molecule has 0 saturated carbocycles. The highest BCUT2D eigenvalue weighted by Gasteiger charge is 2.32. The fourth-order valence-corrected chi connectivity index (χ4v) is 2.91. The second-order valence-corrected chi connectivity index (χ2v) is 6.99. The van der Waals surface area contributed by atoms with Gasteiger partial charge in [0.1, 0.15) is 0 Å². The first-order chi connectivity index (χ1) is 11.1. The normalized spacial score (nSPS) is 12.5. The minimum Gasteiger partial charge on any atom is -0.200 e. The predicted octanol–water partition coefficient (Wildman–Crippen LogP) is 4.32. The van der Waals surface area contributed by atoms with Gasteiger partial charge >= 0.3 is 6.18 Å². The molecule has 0 radical (unpaired) electrons. The van der Waals surface area contributed by atoms with Crippen molar-refractivity contribution in [3.8, 4) is 0 Å². The Morgan fingerprint density at radius 1 is 1.04 bits per heavy atom. The van der Waals surface area contributed by atoms with Crippen LogP contribution in [0, 0.1) is 0 Å². The molecule has 0 heterocycles. The van der Waals surface area contributed by atoms with Crippen molar-refractivity contribution in [3.63, 3.8) is 0 Å². The number of rotatable bonds is 4. The third-order valence-corrected chi connectivity index (χ3v) is 4.80. The van der Waals surface area contributed by atoms with Crippen LogP contribution in [-0.4, -0.2) is 14.6 Å². The van der Waals surface area contributed by atoms with E-state index in [4.69, 9.17) is 23.2 Å². The topological polar surface area (TPSA) is 58.5 Å². The molecule has 0 aliphatic rings. The zero-order chi connectivity index (χ0) is 18.0. The van der Waals surface area contributed by atoms with Gasteiger partial charge in [-0.25, -0.2) is 4.83 Å². The summed E-state index contributed by atoms with van der Waals surface area (Å²) in [7, 11) is -4.09. The molecule has 2 aromatic carbocycles. The highest BCUT2D eigenvalue weighted by Crippen LogP contribution is 2.31. The molecule has 10 heteroatoms. The molecule has 24 heavy (non-hydrogen) atoms. The lowest BCUT2D eigenvalue weighted by molar-refractivity contribution is -0.137. The molecule has 0 atom stereocenters. The maximum absolute atomic E-state index is 12.8. The quantitative estimate of drug-likeness (QED) is 0.617. The smallest absolute Gasteiger partial charge is 0.200 e. The van der Waals surface area contributed by atoms with E-state index in [9.17, 15) is 21.6 Å². The van der Waals surface area contributed by atoms with E-state index in [2.05, 4.69) is 5.10 Å². The standard InChI is InChI=1S/C14H9Cl2F3N2O2S/c15-12-6-5-10(7-13(12)16)24(22,23)21-20-8-9-3-1-2-4-11(9)14(17,18)19/h1-8,21H/b20-8+. The van der Waals surface area contributed by atoms with Gasteiger partial charge in [-0.2, -0.15) is 26.7 Å². The highest BCUT2D eigenvalue weighted by molar-refractivity contribution is 7.89. The molecule has 0 fully saturated rings. The molecular formula is C14H9Cl2F3N2O2S. The van der Waals surface area contributed by atoms with Gasteiger partial charge in [-0.3, -0.25) is 0 Å². The Labute approximate surface area is 145 Å². The molecule has 0 aromatic heterocycles. The Morgan fingerprint density at radius 3 is 2.33 bits per heavy atom. The van der Waals surface area contributed by atoms with Gasteiger partial charge in [0.25, 0.3) is 10.0 Å². The summed E-state index contributed by atoms with van der Waals surface area (Å²) in [6.45, 7) is 0. The second kappa shape index (κ2) is 7.00. The fourth-order valence-electron chi connectivity index (χ4n) is 1.73. The van der Waals surface area contributed by atoms with Gasteiger partial charge in [-0.1, -0.05) is 41.4 Å². The molecule has 0 aliphatic heterocycles. The van der Waals surface area contributed by atoms with Gasteiger partial charge in [0, 0.05) is 5.56 Å². The van der Waals surface area contributed by atoms with E-state index < -0.39 is 21.8 Å². The molecule has 0 aliphatic carbocycles. The van der Waals surface area contributed by atoms with Crippen LogP contribution in [0.3, 0.4) is 0 Å². The maximum atomic E-state index is 12.8. The van der Waals surface area contributed by atoms with Crippen LogP contribution in [0.2, 0.25) is 10.0 Å². The molecule has 4 nitrogen and oxygen atoms in total. The van der Waals surface area contributed by atoms with Gasteiger partial charge in [-0.05, 0) is 24.3 Å². The first-order valence-electron chi connectivity index (χ1n) is 6.27. The number of hydrazone groups is 1. The highest BCUT2D eigenvalue weighted by atomic mass is 35.5. The first-order valence-corrected chi connectivity index (χ1v) is 8.51. The number of halogens is 5. The third kappa shape index (κ3) is 4.40. The molecule has 0 bridgehead atoms. The largest absolute Gasteiger partial charge is 0.417 e. The average Bonchev–Trinajstić information content (AvgIpc) is 2.49. The zero-order valence-electron chi connectivity index (χ0n) is 11.7. The lowest BCUT2D eigenvalue weighted by atomic mass is 10.1. The third-order valence-electron chi connectivity index (χ3n) is 2.84. The van der Waals surface area contributed by atoms with Crippen molar-refractivity contribution in [3.05, 3.63) is 63.6 Å². The van der Waals surface area contributed by atoms with Gasteiger partial charge in [0.05, 0.1) is 26.7 Å². The summed E-state index contributed by atoms with van der Waals surface area (Å²) < 4.78 is 62.5. The van der Waals surface area contributed by atoms with Crippen LogP contribution < -0.4 is 4.83 Å². The summed E-state index contributed by atoms with van der Waals surface area (Å²) in [4.78, 5) is 1.60. The molecular weight excluding hydrogens is 388 g/mol. The molecule has 1 N–H and O–H groups in total. The molecule has 0 unspecified atom stereocenters. The van der Waals surface area contributed by atoms with Crippen LogP contribution in [0.4, 0.5) is 13.2 Å². The fraction of sp³-hybridized carbons (Fsp3) is 0.0714. The van der Waals surface area contributed by atoms with Crippen molar-refractivity contribution in [1.82, 2.24) is 4.83 Å². The number of sulfonamides is 1. The van der Waals surface area contributed by atoms with Crippen molar-refractivity contribution in [2.24, 2.45) is 5.10 Å². The summed E-state index contributed by atoms with van der Waals surface area (Å²) in [5, 5.41) is 3.56. The summed E-state index contributed by atoms with van der Waals surface area (Å²) in [5.74, 6) is 0. The maximum Gasteiger partial charge on any atom is 0.417 e. The van der Waals surface area contributed by atoms with E-state index >= 15 is 0 Å². The average molecular weight is 397 g/mol. The molecule has 128 valence electrons. The van der Waals surface area contributed by atoms with Crippen LogP contribution in [0.5, 0.6) is 0 Å². The zero-order valence-corrected chi connectivity index (χ0v) is 14.0. The SMILES string of the molecule is O=S(=O)(N/N=C/c1ccccc1C(F)(F)F)c1ccc(Cl)c(Cl)c1. The Kier molecular flexibility index (Phi) is 5.42. The Balaban J connectivity index is 2.24. The van der Waals surface area contributed by atoms with E-state index in [0.717, 1.165) is 18.3 Å². The van der Waals surface area contributed by atoms with Crippen molar-refractivity contribution >= 4 is 39.4 Å². The van der Waals surface area contributed by atoms with Crippen LogP contribution >= 0.6 is 23.2 Å². The van der Waals surface area contributed by atoms with Crippen LogP contribution in [0.1, 0.15) is 11.1 Å². The number of nitrogens with zero attached hydrogens (tertiary/aromatic N) is 1. The van der Waals surface area contributed by atoms with Gasteiger partial charge in [0.15, 0.2) is 0 Å². The summed E-state index contributed by atoms with van der Waals surface area (Å²) in [5.41, 5.74) is -1.20. The number of hydrogen-bond acceptors (Lipinski definition) is 3. The Bertz CT molecular complexity index is 884. The molecule has 2 rings (SSSR count). The van der Waals surface area contributed by atoms with E-state index in [0.29, 0.717) is 0 Å². The summed E-state index contributed by atoms with van der Waals surface area (Å²) in [6, 6.07) is 8.21. The predicted molar refractivity (Wildman–Crippen MR) is 85.8 cm³/mol. The van der Waals surface area contributed by atoms with Crippen LogP contribution in [0.15, 0.2) is 52.5 Å². The van der Waals surface area contributed by atoms with E-state index in [1.165, 1.54) is 30.3 Å². The van der Waals surface area contributed by atoms with Crippen molar-refractivity contribution in [2.45, 2.75) is 11.1 Å². The van der Waals surface area contributed by atoms with Gasteiger partial charge < -0.3 is 0 Å². The number of alkyl halides is 3. The Morgan fingerprint density at radius 2 is 1.71 bits per heavy atom. The first kappa shape index (κ1) is 18.6. The number of nitrogens with one attached hydrogen (secondary N) is 1. The van der Waals surface area contributed by atoms with Gasteiger partial charge in [0.2, 0.25) is 0 Å². The summed E-state index contributed by atoms with van der Waals surface area (Å²) >= 11 is 11.4. The van der Waals surface area contributed by atoms with Crippen molar-refractivity contribution < 1.29 is 21.6 Å².